The molecule has 17 heavy (non-hydrogen) atoms. The lowest BCUT2D eigenvalue weighted by atomic mass is 10.0. The minimum atomic E-state index is -0.494. The van der Waals surface area contributed by atoms with Crippen molar-refractivity contribution >= 4 is 11.9 Å². The van der Waals surface area contributed by atoms with E-state index < -0.39 is 11.9 Å². The highest BCUT2D eigenvalue weighted by molar-refractivity contribution is 5.95. The van der Waals surface area contributed by atoms with Crippen LogP contribution in [0.4, 0.5) is 0 Å². The Morgan fingerprint density at radius 1 is 1.59 bits per heavy atom. The van der Waals surface area contributed by atoms with Gasteiger partial charge < -0.3 is 9.47 Å². The molecule has 0 amide bonds. The first-order valence-corrected chi connectivity index (χ1v) is 5.50. The quantitative estimate of drug-likeness (QED) is 0.722. The number of aryl methyl sites for hydroxylation is 1. The number of esters is 2. The minimum Gasteiger partial charge on any atom is -0.462 e. The molecule has 1 aromatic rings. The number of carbonyl (C=O) groups is 2. The summed E-state index contributed by atoms with van der Waals surface area (Å²) in [5, 5.41) is 0. The van der Waals surface area contributed by atoms with Crippen LogP contribution in [0.25, 0.3) is 0 Å². The van der Waals surface area contributed by atoms with E-state index in [0.29, 0.717) is 13.0 Å². The van der Waals surface area contributed by atoms with Crippen molar-refractivity contribution < 1.29 is 19.1 Å². The average molecular weight is 235 g/mol. The maximum absolute atomic E-state index is 11.6. The standard InChI is InChI=1S/C12H13NO4/c1-3-9-6-8-4-5-16-12(15)10(8)11(13-9)17-7(2)14/h6H,3-5H2,1-2H3. The second-order valence-corrected chi connectivity index (χ2v) is 3.79. The largest absolute Gasteiger partial charge is 0.462 e. The third kappa shape index (κ3) is 2.27. The average Bonchev–Trinajstić information content (AvgIpc) is 2.27. The van der Waals surface area contributed by atoms with Gasteiger partial charge in [-0.3, -0.25) is 4.79 Å². The van der Waals surface area contributed by atoms with E-state index >= 15 is 0 Å². The van der Waals surface area contributed by atoms with Gasteiger partial charge in [0, 0.05) is 19.0 Å². The number of ether oxygens (including phenoxy) is 2. The summed E-state index contributed by atoms with van der Waals surface area (Å²) in [7, 11) is 0. The van der Waals surface area contributed by atoms with Crippen molar-refractivity contribution in [3.63, 3.8) is 0 Å². The van der Waals surface area contributed by atoms with Crippen LogP contribution in [0.15, 0.2) is 6.07 Å². The Morgan fingerprint density at radius 2 is 2.35 bits per heavy atom. The molecule has 0 aliphatic carbocycles. The zero-order valence-corrected chi connectivity index (χ0v) is 9.78. The molecule has 0 bridgehead atoms. The number of cyclic esters (lactones) is 1. The van der Waals surface area contributed by atoms with Gasteiger partial charge in [0.2, 0.25) is 5.88 Å². The van der Waals surface area contributed by atoms with Crippen LogP contribution in [0.1, 0.15) is 35.5 Å². The molecule has 1 aliphatic rings. The Morgan fingerprint density at radius 3 is 3.00 bits per heavy atom. The van der Waals surface area contributed by atoms with Gasteiger partial charge in [-0.05, 0) is 18.1 Å². The van der Waals surface area contributed by atoms with E-state index in [0.717, 1.165) is 17.7 Å². The highest BCUT2D eigenvalue weighted by atomic mass is 16.6. The number of hydrogen-bond acceptors (Lipinski definition) is 5. The molecular formula is C12H13NO4. The highest BCUT2D eigenvalue weighted by Crippen LogP contribution is 2.26. The number of carbonyl (C=O) groups excluding carboxylic acids is 2. The van der Waals surface area contributed by atoms with Crippen LogP contribution in [0.2, 0.25) is 0 Å². The van der Waals surface area contributed by atoms with Gasteiger partial charge in [0.15, 0.2) is 0 Å². The molecule has 90 valence electrons. The summed E-state index contributed by atoms with van der Waals surface area (Å²) in [5.74, 6) is -0.902. The smallest absolute Gasteiger partial charge is 0.343 e. The topological polar surface area (TPSA) is 65.5 Å². The molecule has 0 N–H and O–H groups in total. The van der Waals surface area contributed by atoms with E-state index in [2.05, 4.69) is 4.98 Å². The summed E-state index contributed by atoms with van der Waals surface area (Å²) >= 11 is 0. The Hall–Kier alpha value is -1.91. The van der Waals surface area contributed by atoms with E-state index in [9.17, 15) is 9.59 Å². The van der Waals surface area contributed by atoms with Crippen LogP contribution in [-0.2, 0) is 22.4 Å². The van der Waals surface area contributed by atoms with Gasteiger partial charge in [-0.1, -0.05) is 6.92 Å². The normalized spacial score (nSPS) is 13.9. The number of aromatic nitrogens is 1. The molecule has 0 aromatic carbocycles. The second kappa shape index (κ2) is 4.53. The van der Waals surface area contributed by atoms with Crippen LogP contribution in [-0.4, -0.2) is 23.5 Å². The molecule has 2 rings (SSSR count). The lowest BCUT2D eigenvalue weighted by Gasteiger charge is -2.18. The molecule has 0 fully saturated rings. The number of rotatable bonds is 2. The maximum Gasteiger partial charge on any atom is 0.343 e. The van der Waals surface area contributed by atoms with Crippen molar-refractivity contribution in [2.24, 2.45) is 0 Å². The predicted octanol–water partition coefficient (Wildman–Crippen LogP) is 1.28. The minimum absolute atomic E-state index is 0.0663. The van der Waals surface area contributed by atoms with Crippen LogP contribution in [0, 0.1) is 0 Å². The van der Waals surface area contributed by atoms with Crippen molar-refractivity contribution in [3.05, 3.63) is 22.9 Å². The third-order valence-corrected chi connectivity index (χ3v) is 2.53. The van der Waals surface area contributed by atoms with Gasteiger partial charge in [-0.15, -0.1) is 0 Å². The van der Waals surface area contributed by atoms with Crippen LogP contribution in [0.3, 0.4) is 0 Å². The summed E-state index contributed by atoms with van der Waals surface area (Å²) in [6.07, 6.45) is 1.35. The molecule has 0 saturated carbocycles. The van der Waals surface area contributed by atoms with Crippen molar-refractivity contribution in [2.45, 2.75) is 26.7 Å². The fourth-order valence-electron chi connectivity index (χ4n) is 1.76. The lowest BCUT2D eigenvalue weighted by molar-refractivity contribution is -0.132. The molecule has 5 nitrogen and oxygen atoms in total. The monoisotopic (exact) mass is 235 g/mol. The molecule has 0 unspecified atom stereocenters. The predicted molar refractivity (Wildman–Crippen MR) is 58.9 cm³/mol. The first-order chi connectivity index (χ1) is 8.11. The molecule has 0 saturated heterocycles. The van der Waals surface area contributed by atoms with Gasteiger partial charge in [0.1, 0.15) is 5.56 Å². The van der Waals surface area contributed by atoms with Gasteiger partial charge >= 0.3 is 11.9 Å². The summed E-state index contributed by atoms with van der Waals surface area (Å²) in [5.41, 5.74) is 1.92. The SMILES string of the molecule is CCc1cc2c(c(OC(C)=O)n1)C(=O)OCC2. The first kappa shape index (κ1) is 11.6. The van der Waals surface area contributed by atoms with Gasteiger partial charge in [-0.2, -0.15) is 0 Å². The summed E-state index contributed by atoms with van der Waals surface area (Å²) in [6.45, 7) is 3.59. The van der Waals surface area contributed by atoms with Crippen molar-refractivity contribution in [1.82, 2.24) is 4.98 Å². The van der Waals surface area contributed by atoms with Gasteiger partial charge in [0.05, 0.1) is 6.61 Å². The zero-order valence-electron chi connectivity index (χ0n) is 9.78. The number of hydrogen-bond donors (Lipinski definition) is 0. The second-order valence-electron chi connectivity index (χ2n) is 3.79. The number of pyridine rings is 1. The van der Waals surface area contributed by atoms with Gasteiger partial charge in [0.25, 0.3) is 0 Å². The lowest BCUT2D eigenvalue weighted by Crippen LogP contribution is -2.21. The fraction of sp³-hybridized carbons (Fsp3) is 0.417. The fourth-order valence-corrected chi connectivity index (χ4v) is 1.76. The van der Waals surface area contributed by atoms with E-state index in [1.54, 1.807) is 0 Å². The van der Waals surface area contributed by atoms with Crippen LogP contribution in [0.5, 0.6) is 5.88 Å². The Balaban J connectivity index is 2.53. The molecule has 5 heteroatoms. The Kier molecular flexibility index (Phi) is 3.08. The van der Waals surface area contributed by atoms with Crippen molar-refractivity contribution in [2.75, 3.05) is 6.61 Å². The molecule has 1 aromatic heterocycles. The molecule has 2 heterocycles. The molecule has 0 atom stereocenters. The summed E-state index contributed by atoms with van der Waals surface area (Å²) in [4.78, 5) is 26.8. The molecular weight excluding hydrogens is 222 g/mol. The molecule has 0 radical (unpaired) electrons. The van der Waals surface area contributed by atoms with E-state index in [1.165, 1.54) is 6.92 Å². The number of nitrogens with zero attached hydrogens (tertiary/aromatic N) is 1. The van der Waals surface area contributed by atoms with Gasteiger partial charge in [-0.25, -0.2) is 9.78 Å². The van der Waals surface area contributed by atoms with Crippen molar-refractivity contribution in [1.29, 1.82) is 0 Å². The van der Waals surface area contributed by atoms with Crippen LogP contribution < -0.4 is 4.74 Å². The maximum atomic E-state index is 11.6. The zero-order chi connectivity index (χ0) is 12.4. The summed E-state index contributed by atoms with van der Waals surface area (Å²) < 4.78 is 9.90. The summed E-state index contributed by atoms with van der Waals surface area (Å²) in [6, 6.07) is 1.86. The third-order valence-electron chi connectivity index (χ3n) is 2.53. The number of fused-ring (bicyclic) bond motifs is 1. The van der Waals surface area contributed by atoms with E-state index in [1.807, 2.05) is 13.0 Å². The highest BCUT2D eigenvalue weighted by Gasteiger charge is 2.26. The molecule has 1 aliphatic heterocycles. The molecule has 0 spiro atoms. The van der Waals surface area contributed by atoms with Crippen molar-refractivity contribution in [3.8, 4) is 5.88 Å². The Bertz CT molecular complexity index is 482. The Labute approximate surface area is 98.7 Å². The van der Waals surface area contributed by atoms with E-state index in [4.69, 9.17) is 9.47 Å². The first-order valence-electron chi connectivity index (χ1n) is 5.50. The van der Waals surface area contributed by atoms with E-state index in [-0.39, 0.29) is 11.4 Å². The van der Waals surface area contributed by atoms with Crippen LogP contribution >= 0.6 is 0 Å².